The van der Waals surface area contributed by atoms with E-state index in [1.165, 1.54) is 6.07 Å². The molecule has 0 fully saturated rings. The zero-order chi connectivity index (χ0) is 13.9. The Labute approximate surface area is 108 Å². The summed E-state index contributed by atoms with van der Waals surface area (Å²) in [7, 11) is -3.81. The van der Waals surface area contributed by atoms with Crippen molar-refractivity contribution in [3.8, 4) is 0 Å². The van der Waals surface area contributed by atoms with Crippen LogP contribution in [0.5, 0.6) is 0 Å². The van der Waals surface area contributed by atoms with Gasteiger partial charge in [-0.3, -0.25) is 0 Å². The monoisotopic (exact) mass is 286 g/mol. The smallest absolute Gasteiger partial charge is 0.240 e. The molecule has 1 aromatic heterocycles. The van der Waals surface area contributed by atoms with Gasteiger partial charge in [-0.1, -0.05) is 5.16 Å². The third-order valence-electron chi connectivity index (χ3n) is 2.25. The predicted octanol–water partition coefficient (Wildman–Crippen LogP) is 0.312. The number of nitrogens with zero attached hydrogens (tertiary/aromatic N) is 2. The molecule has 2 aromatic rings. The Bertz CT molecular complexity index is 637. The van der Waals surface area contributed by atoms with Crippen molar-refractivity contribution >= 4 is 15.7 Å². The highest BCUT2D eigenvalue weighted by Gasteiger charge is 2.15. The quantitative estimate of drug-likeness (QED) is 0.765. The molecule has 0 aliphatic carbocycles. The van der Waals surface area contributed by atoms with Crippen LogP contribution in [0.2, 0.25) is 0 Å². The largest absolute Gasteiger partial charge is 0.399 e. The van der Waals surface area contributed by atoms with Crippen LogP contribution in [0, 0.1) is 5.82 Å². The fraction of sp³-hybridized carbons (Fsp3) is 0.200. The Morgan fingerprint density at radius 2 is 2.16 bits per heavy atom. The number of nitrogen functional groups attached to an aromatic ring is 1. The number of benzene rings is 1. The molecule has 7 nitrogen and oxygen atoms in total. The van der Waals surface area contributed by atoms with E-state index in [-0.39, 0.29) is 23.5 Å². The molecule has 1 heterocycles. The van der Waals surface area contributed by atoms with Crippen molar-refractivity contribution in [1.29, 1.82) is 0 Å². The number of rotatable bonds is 5. The van der Waals surface area contributed by atoms with Gasteiger partial charge in [0.15, 0.2) is 5.82 Å². The van der Waals surface area contributed by atoms with Crippen LogP contribution in [-0.2, 0) is 16.4 Å². The van der Waals surface area contributed by atoms with Crippen LogP contribution in [-0.4, -0.2) is 25.1 Å². The summed E-state index contributed by atoms with van der Waals surface area (Å²) in [5.74, 6) is -0.333. The summed E-state index contributed by atoms with van der Waals surface area (Å²) in [6.07, 6.45) is 1.41. The summed E-state index contributed by atoms with van der Waals surface area (Å²) in [6.45, 7) is 0.0677. The van der Waals surface area contributed by atoms with Crippen molar-refractivity contribution in [1.82, 2.24) is 14.9 Å². The summed E-state index contributed by atoms with van der Waals surface area (Å²) in [5.41, 5.74) is 5.44. The van der Waals surface area contributed by atoms with Crippen LogP contribution < -0.4 is 10.5 Å². The molecule has 2 rings (SSSR count). The number of nitrogens with two attached hydrogens (primary N) is 1. The molecule has 1 aromatic carbocycles. The van der Waals surface area contributed by atoms with Gasteiger partial charge in [-0.05, 0) is 18.2 Å². The lowest BCUT2D eigenvalue weighted by Gasteiger charge is -2.06. The normalized spacial score (nSPS) is 11.6. The molecule has 0 spiro atoms. The van der Waals surface area contributed by atoms with Crippen LogP contribution >= 0.6 is 0 Å². The first kappa shape index (κ1) is 13.4. The maximum atomic E-state index is 13.1. The maximum absolute atomic E-state index is 13.1. The van der Waals surface area contributed by atoms with Crippen LogP contribution in [0.25, 0.3) is 0 Å². The molecule has 0 aliphatic rings. The van der Waals surface area contributed by atoms with E-state index in [9.17, 15) is 12.8 Å². The summed E-state index contributed by atoms with van der Waals surface area (Å²) in [5, 5.41) is 3.54. The average molecular weight is 286 g/mol. The van der Waals surface area contributed by atoms with Gasteiger partial charge >= 0.3 is 0 Å². The van der Waals surface area contributed by atoms with E-state index in [0.29, 0.717) is 5.82 Å². The van der Waals surface area contributed by atoms with Crippen molar-refractivity contribution in [2.24, 2.45) is 0 Å². The first-order valence-corrected chi connectivity index (χ1v) is 6.77. The van der Waals surface area contributed by atoms with Gasteiger partial charge < -0.3 is 10.3 Å². The molecule has 3 N–H and O–H groups in total. The van der Waals surface area contributed by atoms with E-state index < -0.39 is 15.8 Å². The van der Waals surface area contributed by atoms with E-state index in [1.807, 2.05) is 0 Å². The van der Waals surface area contributed by atoms with Gasteiger partial charge in [0.05, 0.1) is 4.90 Å². The van der Waals surface area contributed by atoms with Gasteiger partial charge in [0, 0.05) is 18.7 Å². The lowest BCUT2D eigenvalue weighted by molar-refractivity contribution is 0.410. The average Bonchev–Trinajstić information content (AvgIpc) is 2.80. The second kappa shape index (κ2) is 5.33. The molecule has 0 atom stereocenters. The van der Waals surface area contributed by atoms with Crippen molar-refractivity contribution in [2.45, 2.75) is 11.3 Å². The zero-order valence-electron chi connectivity index (χ0n) is 9.71. The highest BCUT2D eigenvalue weighted by Crippen LogP contribution is 2.15. The molecule has 19 heavy (non-hydrogen) atoms. The maximum Gasteiger partial charge on any atom is 0.240 e. The molecule has 9 heteroatoms. The summed E-state index contributed by atoms with van der Waals surface area (Å²) >= 11 is 0. The third-order valence-corrected chi connectivity index (χ3v) is 3.69. The predicted molar refractivity (Wildman–Crippen MR) is 64.0 cm³/mol. The number of nitrogens with one attached hydrogen (secondary N) is 1. The standard InChI is InChI=1S/C10H11FN4O3S/c11-7-3-8(12)5-9(4-7)19(16,17)14-2-1-10-13-6-18-15-10/h3-6,14H,1-2,12H2. The highest BCUT2D eigenvalue weighted by atomic mass is 32.2. The van der Waals surface area contributed by atoms with Gasteiger partial charge in [0.25, 0.3) is 0 Å². The van der Waals surface area contributed by atoms with Crippen molar-refractivity contribution in [2.75, 3.05) is 12.3 Å². The SMILES string of the molecule is Nc1cc(F)cc(S(=O)(=O)NCCc2ncon2)c1. The summed E-state index contributed by atoms with van der Waals surface area (Å²) in [6, 6.07) is 3.12. The second-order valence-electron chi connectivity index (χ2n) is 3.72. The minimum Gasteiger partial charge on any atom is -0.399 e. The molecule has 0 amide bonds. The topological polar surface area (TPSA) is 111 Å². The Balaban J connectivity index is 2.05. The van der Waals surface area contributed by atoms with Crippen molar-refractivity contribution in [3.63, 3.8) is 0 Å². The number of sulfonamides is 1. The molecule has 102 valence electrons. The number of anilines is 1. The summed E-state index contributed by atoms with van der Waals surface area (Å²) in [4.78, 5) is 3.52. The number of hydrogen-bond acceptors (Lipinski definition) is 6. The van der Waals surface area contributed by atoms with Gasteiger partial charge in [-0.2, -0.15) is 4.98 Å². The minimum absolute atomic E-state index is 0.0403. The fourth-order valence-electron chi connectivity index (χ4n) is 1.42. The van der Waals surface area contributed by atoms with Gasteiger partial charge in [0.1, 0.15) is 5.82 Å². The first-order chi connectivity index (χ1) is 8.97. The molecule has 0 bridgehead atoms. The van der Waals surface area contributed by atoms with Gasteiger partial charge in [-0.15, -0.1) is 0 Å². The molecular weight excluding hydrogens is 275 g/mol. The Morgan fingerprint density at radius 1 is 1.37 bits per heavy atom. The third kappa shape index (κ3) is 3.48. The lowest BCUT2D eigenvalue weighted by Crippen LogP contribution is -2.26. The Morgan fingerprint density at radius 3 is 2.79 bits per heavy atom. The van der Waals surface area contributed by atoms with E-state index in [1.54, 1.807) is 0 Å². The zero-order valence-corrected chi connectivity index (χ0v) is 10.5. The van der Waals surface area contributed by atoms with E-state index in [0.717, 1.165) is 18.5 Å². The summed E-state index contributed by atoms with van der Waals surface area (Å²) < 4.78 is 43.6. The number of halogens is 1. The van der Waals surface area contributed by atoms with E-state index in [2.05, 4.69) is 19.4 Å². The molecule has 0 radical (unpaired) electrons. The molecule has 0 saturated heterocycles. The molecule has 0 unspecified atom stereocenters. The Hall–Kier alpha value is -2.00. The first-order valence-electron chi connectivity index (χ1n) is 5.28. The van der Waals surface area contributed by atoms with E-state index in [4.69, 9.17) is 5.73 Å². The number of hydrogen-bond donors (Lipinski definition) is 2. The van der Waals surface area contributed by atoms with Crippen LogP contribution in [0.4, 0.5) is 10.1 Å². The van der Waals surface area contributed by atoms with Gasteiger partial charge in [-0.25, -0.2) is 17.5 Å². The molecular formula is C10H11FN4O3S. The van der Waals surface area contributed by atoms with E-state index >= 15 is 0 Å². The van der Waals surface area contributed by atoms with Crippen LogP contribution in [0.3, 0.4) is 0 Å². The van der Waals surface area contributed by atoms with Gasteiger partial charge in [0.2, 0.25) is 16.4 Å². The van der Waals surface area contributed by atoms with Crippen molar-refractivity contribution < 1.29 is 17.3 Å². The van der Waals surface area contributed by atoms with Crippen molar-refractivity contribution in [3.05, 3.63) is 36.2 Å². The highest BCUT2D eigenvalue weighted by molar-refractivity contribution is 7.89. The lowest BCUT2D eigenvalue weighted by atomic mass is 10.3. The molecule has 0 saturated carbocycles. The molecule has 0 aliphatic heterocycles. The van der Waals surface area contributed by atoms with Crippen LogP contribution in [0.15, 0.2) is 34.0 Å². The Kier molecular flexibility index (Phi) is 3.76. The second-order valence-corrected chi connectivity index (χ2v) is 5.48. The minimum atomic E-state index is -3.81. The fourth-order valence-corrected chi connectivity index (χ4v) is 2.52. The number of aromatic nitrogens is 2. The van der Waals surface area contributed by atoms with Crippen LogP contribution in [0.1, 0.15) is 5.82 Å².